The van der Waals surface area contributed by atoms with Gasteiger partial charge in [0.1, 0.15) is 0 Å². The van der Waals surface area contributed by atoms with Crippen LogP contribution in [0, 0.1) is 12.1 Å². The van der Waals surface area contributed by atoms with Crippen molar-refractivity contribution in [3.63, 3.8) is 0 Å². The second kappa shape index (κ2) is 11.7. The smallest absolute Gasteiger partial charge is 0.283 e. The molecule has 1 heterocycles. The van der Waals surface area contributed by atoms with Crippen LogP contribution in [0.2, 0.25) is 0 Å². The van der Waals surface area contributed by atoms with Gasteiger partial charge in [-0.15, -0.1) is 42.7 Å². The molecule has 28 heavy (non-hydrogen) atoms. The normalized spacial score (nSPS) is 11.4. The van der Waals surface area contributed by atoms with Crippen molar-refractivity contribution in [3.8, 4) is 0 Å². The second-order valence-electron chi connectivity index (χ2n) is 5.85. The van der Waals surface area contributed by atoms with Gasteiger partial charge in [0.15, 0.2) is 0 Å². The van der Waals surface area contributed by atoms with E-state index in [1.54, 1.807) is 6.20 Å². The van der Waals surface area contributed by atoms with E-state index in [2.05, 4.69) is 71.7 Å². The first kappa shape index (κ1) is 24.0. The van der Waals surface area contributed by atoms with E-state index < -0.39 is 0 Å². The average molecular weight is 444 g/mol. The van der Waals surface area contributed by atoms with E-state index in [0.29, 0.717) is 0 Å². The fourth-order valence-electron chi connectivity index (χ4n) is 3.01. The van der Waals surface area contributed by atoms with Gasteiger partial charge in [-0.05, 0) is 16.3 Å². The molecule has 0 bridgehead atoms. The average Bonchev–Trinajstić information content (AvgIpc) is 3.23. The number of halogens is 2. The molecule has 140 valence electrons. The minimum atomic E-state index is 0. The maximum absolute atomic E-state index is 4.13. The summed E-state index contributed by atoms with van der Waals surface area (Å²) in [4.78, 5) is 4.13. The van der Waals surface area contributed by atoms with E-state index in [9.17, 15) is 0 Å². The largest absolute Gasteiger partial charge is 2.00 e. The zero-order valence-corrected chi connectivity index (χ0v) is 17.9. The molecule has 0 amide bonds. The van der Waals surface area contributed by atoms with Crippen LogP contribution in [0.3, 0.4) is 0 Å². The number of pyridine rings is 1. The number of benzene rings is 3. The molecule has 3 aromatic carbocycles. The van der Waals surface area contributed by atoms with Gasteiger partial charge >= 0.3 is 17.4 Å². The van der Waals surface area contributed by atoms with Crippen LogP contribution in [0.5, 0.6) is 0 Å². The summed E-state index contributed by atoms with van der Waals surface area (Å²) in [7, 11) is 0. The van der Waals surface area contributed by atoms with Crippen molar-refractivity contribution in [2.45, 2.75) is 6.42 Å². The van der Waals surface area contributed by atoms with Crippen LogP contribution in [0.1, 0.15) is 12.0 Å². The van der Waals surface area contributed by atoms with Crippen molar-refractivity contribution >= 4 is 52.1 Å². The number of fused-ring (bicyclic) bond motifs is 2. The van der Waals surface area contributed by atoms with Crippen LogP contribution in [0.25, 0.3) is 27.2 Å². The summed E-state index contributed by atoms with van der Waals surface area (Å²) in [5.41, 5.74) is 3.55. The number of aromatic nitrogens is 1. The van der Waals surface area contributed by atoms with Crippen molar-refractivity contribution in [1.82, 2.24) is 4.98 Å². The first-order chi connectivity index (χ1) is 12.4. The Morgan fingerprint density at radius 3 is 2.32 bits per heavy atom. The Labute approximate surface area is 189 Å². The quantitative estimate of drug-likeness (QED) is 0.292. The van der Waals surface area contributed by atoms with Gasteiger partial charge < -0.3 is 0 Å². The number of allylic oxidation sites excluding steroid dienone is 4. The third kappa shape index (κ3) is 5.47. The van der Waals surface area contributed by atoms with Gasteiger partial charge in [0, 0.05) is 6.20 Å². The monoisotopic (exact) mass is 443 g/mol. The molecular formula is C24H19Cl2CrN. The van der Waals surface area contributed by atoms with Crippen LogP contribution >= 0.6 is 24.8 Å². The minimum absolute atomic E-state index is 0. The van der Waals surface area contributed by atoms with Crippen LogP contribution in [-0.2, 0) is 17.4 Å². The third-order valence-electron chi connectivity index (χ3n) is 4.23. The van der Waals surface area contributed by atoms with Gasteiger partial charge in [0.05, 0.1) is 0 Å². The molecule has 0 N–H and O–H groups in total. The molecule has 0 aliphatic heterocycles. The Hall–Kier alpha value is -2.08. The first-order valence-electron chi connectivity index (χ1n) is 8.38. The van der Waals surface area contributed by atoms with E-state index in [1.165, 1.54) is 21.9 Å². The van der Waals surface area contributed by atoms with Crippen LogP contribution in [-0.4, -0.2) is 4.98 Å². The summed E-state index contributed by atoms with van der Waals surface area (Å²) >= 11 is 0. The molecule has 0 spiro atoms. The van der Waals surface area contributed by atoms with Crippen LogP contribution < -0.4 is 0 Å². The molecule has 0 atom stereocenters. The molecule has 4 aromatic rings. The molecule has 0 saturated heterocycles. The van der Waals surface area contributed by atoms with Gasteiger partial charge in [-0.1, -0.05) is 54.1 Å². The molecule has 0 radical (unpaired) electrons. The standard InChI is InChI=1S/C15H11.C9H6N.2ClH.Cr/c1-2-7-12(6-1)15-11-5-9-13-8-3-4-10-14(13)15;1-2-6-9-8(4-1)5-3-7-10-9;;;/h3-11H,1H2;1-5,7H;2*1H;/q2*-1;;;+2. The van der Waals surface area contributed by atoms with E-state index in [0.717, 1.165) is 17.3 Å². The zero-order chi connectivity index (χ0) is 16.9. The van der Waals surface area contributed by atoms with Crippen molar-refractivity contribution in [1.29, 1.82) is 0 Å². The predicted octanol–water partition coefficient (Wildman–Crippen LogP) is 6.86. The van der Waals surface area contributed by atoms with Crippen LogP contribution in [0.4, 0.5) is 0 Å². The minimum Gasteiger partial charge on any atom is -0.283 e. The summed E-state index contributed by atoms with van der Waals surface area (Å²) in [5, 5.41) is 3.77. The number of para-hydroxylation sites is 1. The number of nitrogens with zero attached hydrogens (tertiary/aromatic N) is 1. The fraction of sp³-hybridized carbons (Fsp3) is 0.0417. The molecule has 1 aliphatic carbocycles. The van der Waals surface area contributed by atoms with Gasteiger partial charge in [-0.3, -0.25) is 11.1 Å². The molecule has 4 heteroatoms. The first-order valence-corrected chi connectivity index (χ1v) is 8.38. The Morgan fingerprint density at radius 1 is 0.786 bits per heavy atom. The van der Waals surface area contributed by atoms with E-state index in [1.807, 2.05) is 30.3 Å². The molecule has 5 rings (SSSR count). The van der Waals surface area contributed by atoms with E-state index in [4.69, 9.17) is 0 Å². The van der Waals surface area contributed by atoms with Gasteiger partial charge in [0.25, 0.3) is 0 Å². The van der Waals surface area contributed by atoms with Crippen molar-refractivity contribution < 1.29 is 17.4 Å². The Kier molecular flexibility index (Phi) is 10.0. The van der Waals surface area contributed by atoms with Crippen molar-refractivity contribution in [3.05, 3.63) is 109 Å². The summed E-state index contributed by atoms with van der Waals surface area (Å²) in [6.07, 6.45) is 10.2. The third-order valence-corrected chi connectivity index (χ3v) is 4.23. The summed E-state index contributed by atoms with van der Waals surface area (Å²) in [6, 6.07) is 27.8. The second-order valence-corrected chi connectivity index (χ2v) is 5.85. The van der Waals surface area contributed by atoms with Crippen LogP contribution in [0.15, 0.2) is 91.1 Å². The number of hydrogen-bond donors (Lipinski definition) is 0. The van der Waals surface area contributed by atoms with Crippen molar-refractivity contribution in [2.24, 2.45) is 0 Å². The maximum atomic E-state index is 4.13. The Balaban J connectivity index is 0.000000269. The van der Waals surface area contributed by atoms with Crippen molar-refractivity contribution in [2.75, 3.05) is 0 Å². The number of hydrogen-bond acceptors (Lipinski definition) is 1. The van der Waals surface area contributed by atoms with E-state index >= 15 is 0 Å². The molecule has 1 aromatic heterocycles. The van der Waals surface area contributed by atoms with Gasteiger partial charge in [0.2, 0.25) is 0 Å². The molecule has 1 aliphatic rings. The fourth-order valence-corrected chi connectivity index (χ4v) is 3.01. The predicted molar refractivity (Wildman–Crippen MR) is 119 cm³/mol. The van der Waals surface area contributed by atoms with Gasteiger partial charge in [-0.2, -0.15) is 35.9 Å². The van der Waals surface area contributed by atoms with Gasteiger partial charge in [-0.25, -0.2) is 6.08 Å². The SMILES string of the molecule is Cl.Cl.[C-]1=CC(c2cccc3ccccc23)=CC1.[Cr+2].[c-]1cccc2cccnc12. The summed E-state index contributed by atoms with van der Waals surface area (Å²) in [6.45, 7) is 0. The summed E-state index contributed by atoms with van der Waals surface area (Å²) < 4.78 is 0. The number of rotatable bonds is 1. The molecular weight excluding hydrogens is 425 g/mol. The molecule has 0 saturated carbocycles. The Bertz CT molecular complexity index is 1020. The Morgan fingerprint density at radius 2 is 1.54 bits per heavy atom. The maximum Gasteiger partial charge on any atom is 2.00 e. The molecule has 0 unspecified atom stereocenters. The zero-order valence-electron chi connectivity index (χ0n) is 15.0. The van der Waals surface area contributed by atoms with E-state index in [-0.39, 0.29) is 42.2 Å². The molecule has 0 fully saturated rings. The molecule has 1 nitrogen and oxygen atoms in total. The summed E-state index contributed by atoms with van der Waals surface area (Å²) in [5.74, 6) is 0. The topological polar surface area (TPSA) is 12.9 Å².